The molecule has 0 amide bonds. The second kappa shape index (κ2) is 28.2. The second-order valence-corrected chi connectivity index (χ2v) is 15.3. The Hall–Kier alpha value is 0.110. The van der Waals surface area contributed by atoms with E-state index in [1.807, 2.05) is 0 Å². The Labute approximate surface area is 246 Å². The summed E-state index contributed by atoms with van der Waals surface area (Å²) in [5.41, 5.74) is 0. The van der Waals surface area contributed by atoms with Crippen molar-refractivity contribution in [2.24, 2.45) is 0 Å². The fraction of sp³-hybridized carbons (Fsp3) is 1.00. The highest BCUT2D eigenvalue weighted by Crippen LogP contribution is 2.49. The summed E-state index contributed by atoms with van der Waals surface area (Å²) in [5, 5.41) is 0. The first kappa shape index (κ1) is 39.1. The molecule has 5 heteroatoms. The molecule has 0 N–H and O–H groups in total. The highest BCUT2D eigenvalue weighted by molar-refractivity contribution is 7.53. The van der Waals surface area contributed by atoms with Gasteiger partial charge in [-0.3, -0.25) is 4.57 Å². The summed E-state index contributed by atoms with van der Waals surface area (Å²) in [4.78, 5) is 0. The van der Waals surface area contributed by atoms with Crippen LogP contribution in [0.5, 0.6) is 0 Å². The molecule has 39 heavy (non-hydrogen) atoms. The molecule has 0 aliphatic carbocycles. The van der Waals surface area contributed by atoms with Gasteiger partial charge in [-0.1, -0.05) is 155 Å². The quantitative estimate of drug-likeness (QED) is 0.0455. The second-order valence-electron chi connectivity index (χ2n) is 13.1. The van der Waals surface area contributed by atoms with Crippen molar-refractivity contribution in [2.45, 2.75) is 174 Å². The van der Waals surface area contributed by atoms with Crippen LogP contribution < -0.4 is 0 Å². The fourth-order valence-corrected chi connectivity index (χ4v) is 6.87. The first-order chi connectivity index (χ1) is 18.8. The van der Waals surface area contributed by atoms with Crippen LogP contribution >= 0.6 is 7.60 Å². The van der Waals surface area contributed by atoms with E-state index in [9.17, 15) is 4.57 Å². The largest absolute Gasteiger partial charge is 0.331 e. The van der Waals surface area contributed by atoms with Crippen molar-refractivity contribution in [3.63, 3.8) is 0 Å². The number of hydrogen-bond acceptors (Lipinski definition) is 3. The first-order valence-electron chi connectivity index (χ1n) is 17.5. The molecule has 0 heterocycles. The smallest absolute Gasteiger partial charge is 0.330 e. The molecular weight excluding hydrogens is 501 g/mol. The number of nitrogens with zero attached hydrogens (tertiary/aromatic N) is 1. The minimum absolute atomic E-state index is 0.555. The maximum Gasteiger partial charge on any atom is 0.330 e. The molecule has 0 rings (SSSR count). The molecule has 4 nitrogen and oxygen atoms in total. The molecule has 0 aromatic carbocycles. The molecule has 0 radical (unpaired) electrons. The van der Waals surface area contributed by atoms with Gasteiger partial charge in [-0.15, -0.1) is 0 Å². The molecule has 0 saturated carbocycles. The van der Waals surface area contributed by atoms with Gasteiger partial charge in [-0.25, -0.2) is 0 Å². The Balaban J connectivity index is 3.93. The van der Waals surface area contributed by atoms with Gasteiger partial charge in [0, 0.05) is 6.42 Å². The molecule has 0 unspecified atom stereocenters. The third-order valence-corrected chi connectivity index (χ3v) is 9.85. The van der Waals surface area contributed by atoms with E-state index in [1.54, 1.807) is 0 Å². The Morgan fingerprint density at radius 1 is 0.436 bits per heavy atom. The van der Waals surface area contributed by atoms with Gasteiger partial charge in [0.05, 0.1) is 47.1 Å². The molecule has 0 bridgehead atoms. The number of hydrogen-bond donors (Lipinski definition) is 0. The van der Waals surface area contributed by atoms with Gasteiger partial charge in [0.15, 0.2) is 0 Å². The van der Waals surface area contributed by atoms with E-state index in [0.29, 0.717) is 19.4 Å². The Morgan fingerprint density at radius 2 is 0.718 bits per heavy atom. The average molecular weight is 575 g/mol. The van der Waals surface area contributed by atoms with E-state index in [-0.39, 0.29) is 0 Å². The molecule has 0 aromatic heterocycles. The van der Waals surface area contributed by atoms with Crippen LogP contribution in [0.4, 0.5) is 0 Å². The third kappa shape index (κ3) is 30.9. The average Bonchev–Trinajstić information content (AvgIpc) is 2.89. The van der Waals surface area contributed by atoms with Gasteiger partial charge in [0.2, 0.25) is 0 Å². The normalized spacial score (nSPS) is 12.4. The predicted molar refractivity (Wildman–Crippen MR) is 174 cm³/mol. The van der Waals surface area contributed by atoms with E-state index < -0.39 is 7.60 Å². The topological polar surface area (TPSA) is 35.5 Å². The molecule has 236 valence electrons. The van der Waals surface area contributed by atoms with Crippen LogP contribution in [0.1, 0.15) is 174 Å². The zero-order valence-electron chi connectivity index (χ0n) is 27.6. The van der Waals surface area contributed by atoms with E-state index in [2.05, 4.69) is 35.0 Å². The molecule has 0 spiro atoms. The monoisotopic (exact) mass is 575 g/mol. The zero-order valence-corrected chi connectivity index (χ0v) is 28.5. The van der Waals surface area contributed by atoms with Gasteiger partial charge in [-0.2, -0.15) is 0 Å². The summed E-state index contributed by atoms with van der Waals surface area (Å²) < 4.78 is 26.3. The van der Waals surface area contributed by atoms with Crippen LogP contribution in [0.2, 0.25) is 0 Å². The fourth-order valence-electron chi connectivity index (χ4n) is 5.20. The van der Waals surface area contributed by atoms with E-state index >= 15 is 0 Å². The van der Waals surface area contributed by atoms with E-state index in [1.165, 1.54) is 141 Å². The molecule has 0 aliphatic rings. The van der Waals surface area contributed by atoms with Crippen molar-refractivity contribution in [2.75, 3.05) is 47.1 Å². The van der Waals surface area contributed by atoms with Crippen molar-refractivity contribution in [1.29, 1.82) is 0 Å². The summed E-state index contributed by atoms with van der Waals surface area (Å²) in [5.74, 6) is 0. The van der Waals surface area contributed by atoms with E-state index in [0.717, 1.165) is 30.3 Å². The van der Waals surface area contributed by atoms with Crippen LogP contribution in [0.15, 0.2) is 0 Å². The lowest BCUT2D eigenvalue weighted by Crippen LogP contribution is -2.35. The molecule has 0 aromatic rings. The van der Waals surface area contributed by atoms with Gasteiger partial charge in [0.1, 0.15) is 0 Å². The minimum Gasteiger partial charge on any atom is -0.331 e. The van der Waals surface area contributed by atoms with Gasteiger partial charge in [0.25, 0.3) is 0 Å². The maximum atomic E-state index is 13.5. The Morgan fingerprint density at radius 3 is 1.00 bits per heavy atom. The standard InChI is InChI=1S/C34H73NO3P/c1-6-8-10-12-14-16-18-20-22-24-26-28-32-37-39(36,34-30-31-35(3,4)5)38-33-29-27-25-23-21-19-17-15-13-11-9-7-2/h6-34H2,1-5H3/q+1. The summed E-state index contributed by atoms with van der Waals surface area (Å²) in [7, 11) is 3.58. The van der Waals surface area contributed by atoms with E-state index in [4.69, 9.17) is 9.05 Å². The number of unbranched alkanes of at least 4 members (excludes halogenated alkanes) is 22. The van der Waals surface area contributed by atoms with Crippen molar-refractivity contribution in [1.82, 2.24) is 0 Å². The lowest BCUT2D eigenvalue weighted by Gasteiger charge is -2.25. The van der Waals surface area contributed by atoms with Crippen molar-refractivity contribution < 1.29 is 18.1 Å². The van der Waals surface area contributed by atoms with Crippen molar-refractivity contribution in [3.05, 3.63) is 0 Å². The molecule has 0 fully saturated rings. The molecular formula is C34H73NO3P+. The SMILES string of the molecule is CCCCCCCCCCCCCCOP(=O)(CCC[N+](C)(C)C)OCCCCCCCCCCCCCC. The van der Waals surface area contributed by atoms with Gasteiger partial charge in [-0.05, 0) is 12.8 Å². The lowest BCUT2D eigenvalue weighted by molar-refractivity contribution is -0.870. The number of rotatable bonds is 32. The molecule has 0 atom stereocenters. The van der Waals surface area contributed by atoms with Crippen LogP contribution in [0.25, 0.3) is 0 Å². The third-order valence-electron chi connectivity index (χ3n) is 7.83. The van der Waals surface area contributed by atoms with Gasteiger partial charge >= 0.3 is 7.60 Å². The minimum atomic E-state index is -2.98. The zero-order chi connectivity index (χ0) is 28.9. The Bertz CT molecular complexity index is 501. The highest BCUT2D eigenvalue weighted by Gasteiger charge is 2.25. The Kier molecular flexibility index (Phi) is 28.3. The highest BCUT2D eigenvalue weighted by atomic mass is 31.2. The summed E-state index contributed by atoms with van der Waals surface area (Å²) in [6.07, 6.45) is 33.2. The van der Waals surface area contributed by atoms with Crippen LogP contribution in [0.3, 0.4) is 0 Å². The van der Waals surface area contributed by atoms with Crippen LogP contribution in [0, 0.1) is 0 Å². The molecule has 0 saturated heterocycles. The van der Waals surface area contributed by atoms with Gasteiger partial charge < -0.3 is 13.5 Å². The molecule has 0 aliphatic heterocycles. The summed E-state index contributed by atoms with van der Waals surface area (Å²) >= 11 is 0. The van der Waals surface area contributed by atoms with Crippen molar-refractivity contribution in [3.8, 4) is 0 Å². The summed E-state index contributed by atoms with van der Waals surface area (Å²) in [6, 6.07) is 0. The first-order valence-corrected chi connectivity index (χ1v) is 19.2. The van der Waals surface area contributed by atoms with Crippen molar-refractivity contribution >= 4 is 7.60 Å². The predicted octanol–water partition coefficient (Wildman–Crippen LogP) is 11.7. The van der Waals surface area contributed by atoms with Crippen LogP contribution in [-0.2, 0) is 13.6 Å². The maximum absolute atomic E-state index is 13.5. The lowest BCUT2D eigenvalue weighted by atomic mass is 10.1. The summed E-state index contributed by atoms with van der Waals surface area (Å²) in [6.45, 7) is 6.72. The van der Waals surface area contributed by atoms with Crippen LogP contribution in [-0.4, -0.2) is 51.5 Å². The number of quaternary nitrogens is 1.